The molecule has 2 rings (SSSR count). The van der Waals surface area contributed by atoms with Gasteiger partial charge in [0.25, 0.3) is 0 Å². The van der Waals surface area contributed by atoms with E-state index in [0.29, 0.717) is 11.3 Å². The number of piperidine rings is 1. The summed E-state index contributed by atoms with van der Waals surface area (Å²) in [6.45, 7) is 10.8. The number of esters is 1. The SMILES string of the molecule is CC1CC(OC(=O)C2(C)CCNCC2)CC(C)(C)C1. The van der Waals surface area contributed by atoms with E-state index in [1.165, 1.54) is 6.42 Å². The van der Waals surface area contributed by atoms with E-state index in [1.54, 1.807) is 0 Å². The molecule has 0 spiro atoms. The average molecular weight is 267 g/mol. The third kappa shape index (κ3) is 3.71. The molecular weight excluding hydrogens is 238 g/mol. The van der Waals surface area contributed by atoms with Gasteiger partial charge in [0.2, 0.25) is 0 Å². The fraction of sp³-hybridized carbons (Fsp3) is 0.938. The molecule has 2 aliphatic rings. The van der Waals surface area contributed by atoms with E-state index in [2.05, 4.69) is 33.0 Å². The maximum absolute atomic E-state index is 12.5. The first kappa shape index (κ1) is 14.8. The van der Waals surface area contributed by atoms with Crippen LogP contribution >= 0.6 is 0 Å². The van der Waals surface area contributed by atoms with Gasteiger partial charge in [-0.3, -0.25) is 4.79 Å². The topological polar surface area (TPSA) is 38.3 Å². The lowest BCUT2D eigenvalue weighted by Crippen LogP contribution is -2.43. The smallest absolute Gasteiger partial charge is 0.312 e. The summed E-state index contributed by atoms with van der Waals surface area (Å²) in [7, 11) is 0. The maximum Gasteiger partial charge on any atom is 0.312 e. The Hall–Kier alpha value is -0.570. The molecule has 19 heavy (non-hydrogen) atoms. The molecule has 0 bridgehead atoms. The summed E-state index contributed by atoms with van der Waals surface area (Å²) in [6.07, 6.45) is 5.20. The van der Waals surface area contributed by atoms with Gasteiger partial charge in [-0.25, -0.2) is 0 Å². The van der Waals surface area contributed by atoms with Gasteiger partial charge in [0.05, 0.1) is 5.41 Å². The highest BCUT2D eigenvalue weighted by Gasteiger charge is 2.40. The number of carbonyl (C=O) groups is 1. The van der Waals surface area contributed by atoms with Gasteiger partial charge >= 0.3 is 5.97 Å². The number of hydrogen-bond donors (Lipinski definition) is 1. The van der Waals surface area contributed by atoms with E-state index in [-0.39, 0.29) is 17.5 Å². The van der Waals surface area contributed by atoms with Crippen LogP contribution in [0.1, 0.15) is 59.8 Å². The Labute approximate surface area is 117 Å². The summed E-state index contributed by atoms with van der Waals surface area (Å²) in [6, 6.07) is 0. The standard InChI is InChI=1S/C16H29NO2/c1-12-9-13(11-15(2,3)10-12)19-14(18)16(4)5-7-17-8-6-16/h12-13,17H,5-11H2,1-4H3. The maximum atomic E-state index is 12.5. The molecule has 2 fully saturated rings. The van der Waals surface area contributed by atoms with Crippen LogP contribution in [0.3, 0.4) is 0 Å². The summed E-state index contributed by atoms with van der Waals surface area (Å²) in [5.74, 6) is 0.686. The van der Waals surface area contributed by atoms with Crippen LogP contribution in [-0.2, 0) is 9.53 Å². The van der Waals surface area contributed by atoms with Crippen molar-refractivity contribution in [3.05, 3.63) is 0 Å². The fourth-order valence-electron chi connectivity index (χ4n) is 3.82. The van der Waals surface area contributed by atoms with Crippen molar-refractivity contribution >= 4 is 5.97 Å². The molecule has 0 aromatic heterocycles. The number of rotatable bonds is 2. The molecule has 2 atom stereocenters. The minimum absolute atomic E-state index is 0.0314. The summed E-state index contributed by atoms with van der Waals surface area (Å²) in [4.78, 5) is 12.5. The van der Waals surface area contributed by atoms with Gasteiger partial charge < -0.3 is 10.1 Å². The quantitative estimate of drug-likeness (QED) is 0.781. The van der Waals surface area contributed by atoms with Crippen molar-refractivity contribution in [3.63, 3.8) is 0 Å². The van der Waals surface area contributed by atoms with Gasteiger partial charge in [-0.2, -0.15) is 0 Å². The lowest BCUT2D eigenvalue weighted by molar-refractivity contribution is -0.166. The first-order valence-corrected chi connectivity index (χ1v) is 7.73. The second-order valence-corrected chi connectivity index (χ2v) is 7.75. The van der Waals surface area contributed by atoms with E-state index in [4.69, 9.17) is 4.74 Å². The Morgan fingerprint density at radius 1 is 1.16 bits per heavy atom. The van der Waals surface area contributed by atoms with Crippen LogP contribution in [0, 0.1) is 16.7 Å². The van der Waals surface area contributed by atoms with E-state index < -0.39 is 0 Å². The fourth-order valence-corrected chi connectivity index (χ4v) is 3.82. The van der Waals surface area contributed by atoms with Crippen LogP contribution in [0.25, 0.3) is 0 Å². The van der Waals surface area contributed by atoms with E-state index >= 15 is 0 Å². The van der Waals surface area contributed by atoms with Crippen LogP contribution in [0.5, 0.6) is 0 Å². The molecule has 0 aromatic carbocycles. The van der Waals surface area contributed by atoms with Gasteiger partial charge in [-0.1, -0.05) is 20.8 Å². The lowest BCUT2D eigenvalue weighted by Gasteiger charge is -2.40. The first-order valence-electron chi connectivity index (χ1n) is 7.73. The molecule has 0 aromatic rings. The van der Waals surface area contributed by atoms with Crippen LogP contribution in [0.15, 0.2) is 0 Å². The van der Waals surface area contributed by atoms with Gasteiger partial charge in [0.15, 0.2) is 0 Å². The van der Waals surface area contributed by atoms with Crippen molar-refractivity contribution in [1.29, 1.82) is 0 Å². The molecule has 0 radical (unpaired) electrons. The number of nitrogens with one attached hydrogen (secondary N) is 1. The zero-order chi connectivity index (χ0) is 14.1. The molecule has 1 saturated heterocycles. The second kappa shape index (κ2) is 5.43. The third-order valence-corrected chi connectivity index (χ3v) is 4.82. The van der Waals surface area contributed by atoms with Crippen molar-refractivity contribution in [3.8, 4) is 0 Å². The van der Waals surface area contributed by atoms with Crippen LogP contribution in [-0.4, -0.2) is 25.2 Å². The van der Waals surface area contributed by atoms with Crippen molar-refractivity contribution in [1.82, 2.24) is 5.32 Å². The van der Waals surface area contributed by atoms with Crippen molar-refractivity contribution in [2.75, 3.05) is 13.1 Å². The largest absolute Gasteiger partial charge is 0.462 e. The van der Waals surface area contributed by atoms with E-state index in [9.17, 15) is 4.79 Å². The predicted octanol–water partition coefficient (Wildman–Crippen LogP) is 3.13. The second-order valence-electron chi connectivity index (χ2n) is 7.75. The highest BCUT2D eigenvalue weighted by molar-refractivity contribution is 5.76. The molecule has 3 heteroatoms. The Balaban J connectivity index is 1.94. The molecule has 1 heterocycles. The minimum Gasteiger partial charge on any atom is -0.462 e. The summed E-state index contributed by atoms with van der Waals surface area (Å²) in [5.41, 5.74) is 0.0354. The van der Waals surface area contributed by atoms with Crippen molar-refractivity contribution in [2.45, 2.75) is 65.9 Å². The minimum atomic E-state index is -0.268. The molecule has 1 N–H and O–H groups in total. The zero-order valence-electron chi connectivity index (χ0n) is 12.9. The molecule has 1 aliphatic carbocycles. The predicted molar refractivity (Wildman–Crippen MR) is 76.9 cm³/mol. The van der Waals surface area contributed by atoms with Crippen molar-refractivity contribution < 1.29 is 9.53 Å². The third-order valence-electron chi connectivity index (χ3n) is 4.82. The highest BCUT2D eigenvalue weighted by atomic mass is 16.5. The highest BCUT2D eigenvalue weighted by Crippen LogP contribution is 2.41. The normalized spacial score (nSPS) is 33.7. The zero-order valence-corrected chi connectivity index (χ0v) is 12.9. The van der Waals surface area contributed by atoms with Crippen molar-refractivity contribution in [2.24, 2.45) is 16.7 Å². The van der Waals surface area contributed by atoms with E-state index in [0.717, 1.165) is 38.8 Å². The van der Waals surface area contributed by atoms with Crippen LogP contribution in [0.4, 0.5) is 0 Å². The van der Waals surface area contributed by atoms with Gasteiger partial charge in [0, 0.05) is 0 Å². The lowest BCUT2D eigenvalue weighted by atomic mass is 9.71. The first-order chi connectivity index (χ1) is 8.81. The molecule has 2 unspecified atom stereocenters. The monoisotopic (exact) mass is 267 g/mol. The van der Waals surface area contributed by atoms with Gasteiger partial charge in [-0.05, 0) is 63.5 Å². The van der Waals surface area contributed by atoms with Gasteiger partial charge in [-0.15, -0.1) is 0 Å². The Bertz CT molecular complexity index is 332. The summed E-state index contributed by atoms with van der Waals surface area (Å²) < 4.78 is 5.87. The van der Waals surface area contributed by atoms with Crippen LogP contribution < -0.4 is 5.32 Å². The molecular formula is C16H29NO2. The molecule has 3 nitrogen and oxygen atoms in total. The van der Waals surface area contributed by atoms with Crippen LogP contribution in [0.2, 0.25) is 0 Å². The molecule has 0 amide bonds. The van der Waals surface area contributed by atoms with E-state index in [1.807, 2.05) is 0 Å². The molecule has 1 aliphatic heterocycles. The number of ether oxygens (including phenoxy) is 1. The number of hydrogen-bond acceptors (Lipinski definition) is 3. The Morgan fingerprint density at radius 3 is 2.37 bits per heavy atom. The number of carbonyl (C=O) groups excluding carboxylic acids is 1. The summed E-state index contributed by atoms with van der Waals surface area (Å²) >= 11 is 0. The summed E-state index contributed by atoms with van der Waals surface area (Å²) in [5, 5.41) is 3.31. The average Bonchev–Trinajstić information content (AvgIpc) is 2.26. The van der Waals surface area contributed by atoms with Gasteiger partial charge in [0.1, 0.15) is 6.10 Å². The Kier molecular flexibility index (Phi) is 4.24. The Morgan fingerprint density at radius 2 is 1.79 bits per heavy atom. The molecule has 1 saturated carbocycles. The molecule has 110 valence electrons.